The standard InChI is InChI=1S/C19H31N5.C6H12/c1-7-9-18(23-17(8-2)21-14(3)4)22-15(5)24-13-19(12-20-6)10-16(24)11-19;1-6-4-2-3-5-6/h7-9,16,20H,5,10-13H2,1-4,6H3,(H,22,23);6H,2-5H2,1H3/b9-7-,17-8+;. The fourth-order valence-corrected chi connectivity index (χ4v) is 4.79. The number of amidine groups is 1. The molecule has 0 aromatic heterocycles. The SMILES string of the molecule is C=C(/N=C(\C=C/C)N/C(=C/C)N=C(C)C)N1CC2(CNC)CC1C2.CC1CCCC1. The largest absolute Gasteiger partial charge is 0.353 e. The van der Waals surface area contributed by atoms with Gasteiger partial charge in [-0.2, -0.15) is 0 Å². The van der Waals surface area contributed by atoms with Crippen LogP contribution in [0.4, 0.5) is 0 Å². The average Bonchev–Trinajstić information content (AvgIpc) is 3.36. The maximum Gasteiger partial charge on any atom is 0.133 e. The van der Waals surface area contributed by atoms with Gasteiger partial charge < -0.3 is 15.5 Å². The van der Waals surface area contributed by atoms with Crippen molar-refractivity contribution in [3.8, 4) is 0 Å². The zero-order valence-corrected chi connectivity index (χ0v) is 20.1. The topological polar surface area (TPSA) is 52.0 Å². The lowest BCUT2D eigenvalue weighted by atomic mass is 9.70. The van der Waals surface area contributed by atoms with Crippen molar-refractivity contribution in [2.45, 2.75) is 79.2 Å². The van der Waals surface area contributed by atoms with Crippen molar-refractivity contribution in [2.75, 3.05) is 20.1 Å². The molecule has 2 heterocycles. The van der Waals surface area contributed by atoms with Gasteiger partial charge in [0.25, 0.3) is 0 Å². The van der Waals surface area contributed by atoms with E-state index in [1.165, 1.54) is 38.5 Å². The number of hydrogen-bond acceptors (Lipinski definition) is 4. The summed E-state index contributed by atoms with van der Waals surface area (Å²) in [4.78, 5) is 11.6. The van der Waals surface area contributed by atoms with E-state index in [1.807, 2.05) is 53.0 Å². The number of nitrogens with one attached hydrogen (secondary N) is 2. The first-order chi connectivity index (χ1) is 14.3. The molecule has 2 bridgehead atoms. The van der Waals surface area contributed by atoms with Crippen LogP contribution >= 0.6 is 0 Å². The maximum atomic E-state index is 4.73. The van der Waals surface area contributed by atoms with Gasteiger partial charge in [0, 0.05) is 30.3 Å². The van der Waals surface area contributed by atoms with E-state index in [0.717, 1.165) is 42.2 Å². The lowest BCUT2D eigenvalue weighted by Crippen LogP contribution is -2.41. The van der Waals surface area contributed by atoms with Gasteiger partial charge in [-0.05, 0) is 65.7 Å². The summed E-state index contributed by atoms with van der Waals surface area (Å²) in [6.45, 7) is 16.6. The molecule has 0 aromatic carbocycles. The Labute approximate surface area is 184 Å². The van der Waals surface area contributed by atoms with Crippen molar-refractivity contribution in [1.29, 1.82) is 0 Å². The van der Waals surface area contributed by atoms with Crippen LogP contribution < -0.4 is 10.6 Å². The molecule has 0 aromatic rings. The zero-order valence-electron chi connectivity index (χ0n) is 20.1. The van der Waals surface area contributed by atoms with E-state index in [1.54, 1.807) is 0 Å². The first-order valence-electron chi connectivity index (χ1n) is 11.6. The summed E-state index contributed by atoms with van der Waals surface area (Å²) < 4.78 is 0. The van der Waals surface area contributed by atoms with Crippen LogP contribution in [0.5, 0.6) is 0 Å². The van der Waals surface area contributed by atoms with E-state index in [2.05, 4.69) is 34.0 Å². The fraction of sp³-hybridized carbons (Fsp3) is 0.680. The number of aliphatic imine (C=N–C) groups is 2. The Morgan fingerprint density at radius 1 is 1.17 bits per heavy atom. The highest BCUT2D eigenvalue weighted by atomic mass is 15.3. The lowest BCUT2D eigenvalue weighted by molar-refractivity contribution is 0.183. The van der Waals surface area contributed by atoms with E-state index in [9.17, 15) is 0 Å². The van der Waals surface area contributed by atoms with Gasteiger partial charge in [-0.3, -0.25) is 0 Å². The molecule has 5 heteroatoms. The van der Waals surface area contributed by atoms with E-state index >= 15 is 0 Å². The summed E-state index contributed by atoms with van der Waals surface area (Å²) in [6.07, 6.45) is 14.3. The Morgan fingerprint density at radius 3 is 2.30 bits per heavy atom. The number of rotatable bonds is 7. The first kappa shape index (κ1) is 24.4. The highest BCUT2D eigenvalue weighted by Crippen LogP contribution is 2.52. The predicted molar refractivity (Wildman–Crippen MR) is 131 cm³/mol. The van der Waals surface area contributed by atoms with Crippen molar-refractivity contribution >= 4 is 11.5 Å². The number of fused-ring (bicyclic) bond motifs is 1. The molecule has 0 radical (unpaired) electrons. The van der Waals surface area contributed by atoms with Gasteiger partial charge in [0.05, 0.1) is 0 Å². The van der Waals surface area contributed by atoms with Gasteiger partial charge in [0.1, 0.15) is 17.5 Å². The van der Waals surface area contributed by atoms with E-state index in [-0.39, 0.29) is 0 Å². The lowest BCUT2D eigenvalue weighted by Gasteiger charge is -2.36. The molecular weight excluding hydrogens is 370 g/mol. The van der Waals surface area contributed by atoms with E-state index < -0.39 is 0 Å². The monoisotopic (exact) mass is 413 g/mol. The third kappa shape index (κ3) is 6.83. The van der Waals surface area contributed by atoms with Crippen LogP contribution in [0.25, 0.3) is 0 Å². The molecule has 168 valence electrons. The van der Waals surface area contributed by atoms with Crippen molar-refractivity contribution < 1.29 is 0 Å². The molecule has 2 saturated carbocycles. The Bertz CT molecular complexity index is 684. The molecule has 0 atom stereocenters. The zero-order chi connectivity index (χ0) is 22.1. The summed E-state index contributed by atoms with van der Waals surface area (Å²) in [5.41, 5.74) is 1.42. The van der Waals surface area contributed by atoms with Crippen molar-refractivity contribution in [3.05, 3.63) is 36.4 Å². The summed E-state index contributed by atoms with van der Waals surface area (Å²) >= 11 is 0. The van der Waals surface area contributed by atoms with Gasteiger partial charge >= 0.3 is 0 Å². The molecule has 5 nitrogen and oxygen atoms in total. The molecule has 0 amide bonds. The van der Waals surface area contributed by atoms with Gasteiger partial charge in [-0.25, -0.2) is 9.98 Å². The minimum absolute atomic E-state index is 0.421. The quantitative estimate of drug-likeness (QED) is 0.443. The summed E-state index contributed by atoms with van der Waals surface area (Å²) in [6, 6.07) is 0.596. The minimum Gasteiger partial charge on any atom is -0.353 e. The number of nitrogens with zero attached hydrogens (tertiary/aromatic N) is 3. The second-order valence-corrected chi connectivity index (χ2v) is 9.38. The highest BCUT2D eigenvalue weighted by molar-refractivity contribution is 5.95. The molecule has 2 N–H and O–H groups in total. The third-order valence-corrected chi connectivity index (χ3v) is 6.26. The molecule has 4 fully saturated rings. The Morgan fingerprint density at radius 2 is 1.83 bits per heavy atom. The molecule has 2 aliphatic carbocycles. The van der Waals surface area contributed by atoms with Crippen LogP contribution in [-0.4, -0.2) is 42.6 Å². The molecule has 4 rings (SSSR count). The smallest absolute Gasteiger partial charge is 0.133 e. The van der Waals surface area contributed by atoms with Crippen LogP contribution in [0.2, 0.25) is 0 Å². The van der Waals surface area contributed by atoms with Crippen LogP contribution in [-0.2, 0) is 0 Å². The summed E-state index contributed by atoms with van der Waals surface area (Å²) in [7, 11) is 2.03. The normalized spacial score (nSPS) is 26.3. The minimum atomic E-state index is 0.421. The van der Waals surface area contributed by atoms with Crippen molar-refractivity contribution in [2.24, 2.45) is 21.3 Å². The molecule has 2 aliphatic heterocycles. The maximum absolute atomic E-state index is 4.73. The molecule has 2 saturated heterocycles. The van der Waals surface area contributed by atoms with E-state index in [4.69, 9.17) is 4.99 Å². The second-order valence-electron chi connectivity index (χ2n) is 9.38. The molecule has 4 aliphatic rings. The predicted octanol–water partition coefficient (Wildman–Crippen LogP) is 5.24. The van der Waals surface area contributed by atoms with Gasteiger partial charge in [-0.15, -0.1) is 0 Å². The Balaban J connectivity index is 0.000000456. The Kier molecular flexibility index (Phi) is 9.35. The van der Waals surface area contributed by atoms with E-state index in [0.29, 0.717) is 11.5 Å². The van der Waals surface area contributed by atoms with Crippen molar-refractivity contribution in [3.63, 3.8) is 0 Å². The van der Waals surface area contributed by atoms with Crippen molar-refractivity contribution in [1.82, 2.24) is 15.5 Å². The van der Waals surface area contributed by atoms with Gasteiger partial charge in [0.15, 0.2) is 0 Å². The molecule has 30 heavy (non-hydrogen) atoms. The highest BCUT2D eigenvalue weighted by Gasteiger charge is 2.54. The van der Waals surface area contributed by atoms with Crippen LogP contribution in [0.3, 0.4) is 0 Å². The van der Waals surface area contributed by atoms with Gasteiger partial charge in [-0.1, -0.05) is 45.3 Å². The second kappa shape index (κ2) is 11.5. The number of hydrogen-bond donors (Lipinski definition) is 2. The average molecular weight is 414 g/mol. The molecule has 0 spiro atoms. The fourth-order valence-electron chi connectivity index (χ4n) is 4.79. The van der Waals surface area contributed by atoms with Crippen LogP contribution in [0.15, 0.2) is 46.4 Å². The number of allylic oxidation sites excluding steroid dienone is 2. The summed E-state index contributed by atoms with van der Waals surface area (Å²) in [5, 5.41) is 6.61. The molecular formula is C25H43N5. The molecule has 0 unspecified atom stereocenters. The van der Waals surface area contributed by atoms with Crippen LogP contribution in [0.1, 0.15) is 73.1 Å². The van der Waals surface area contributed by atoms with Gasteiger partial charge in [0.2, 0.25) is 0 Å². The Hall–Kier alpha value is -1.88. The summed E-state index contributed by atoms with van der Waals surface area (Å²) in [5.74, 6) is 3.46. The van der Waals surface area contributed by atoms with Crippen LogP contribution in [0, 0.1) is 11.3 Å². The third-order valence-electron chi connectivity index (χ3n) is 6.26. The first-order valence-corrected chi connectivity index (χ1v) is 11.6.